The number of hydrogen-bond acceptors (Lipinski definition) is 7. The van der Waals surface area contributed by atoms with Crippen molar-refractivity contribution in [3.05, 3.63) is 66.4 Å². The van der Waals surface area contributed by atoms with Gasteiger partial charge in [0.05, 0.1) is 11.7 Å². The van der Waals surface area contributed by atoms with Gasteiger partial charge in [-0.1, -0.05) is 42.5 Å². The Balaban J connectivity index is 1.74. The van der Waals surface area contributed by atoms with Crippen LogP contribution >= 0.6 is 0 Å². The second kappa shape index (κ2) is 7.90. The summed E-state index contributed by atoms with van der Waals surface area (Å²) in [6.45, 7) is 0.630. The quantitative estimate of drug-likeness (QED) is 0.427. The minimum Gasteiger partial charge on any atom is -0.423 e. The van der Waals surface area contributed by atoms with E-state index >= 15 is 0 Å². The Morgan fingerprint density at radius 2 is 1.83 bits per heavy atom. The third-order valence-electron chi connectivity index (χ3n) is 4.59. The van der Waals surface area contributed by atoms with E-state index in [-0.39, 0.29) is 0 Å². The number of rotatable bonds is 6. The smallest absolute Gasteiger partial charge is 0.423 e. The van der Waals surface area contributed by atoms with Crippen LogP contribution in [0.5, 0.6) is 0 Å². The van der Waals surface area contributed by atoms with E-state index in [1.54, 1.807) is 23.0 Å². The van der Waals surface area contributed by atoms with E-state index in [0.29, 0.717) is 34.7 Å². The van der Waals surface area contributed by atoms with Gasteiger partial charge in [-0.25, -0.2) is 0 Å². The van der Waals surface area contributed by atoms with Gasteiger partial charge in [0.2, 0.25) is 0 Å². The van der Waals surface area contributed by atoms with E-state index in [9.17, 15) is 10.0 Å². The SMILES string of the molecule is CN(C)c1cc(NCc2ccccc2)nc(-n2ncc3c(B(O)O)cccc32)n1. The van der Waals surface area contributed by atoms with Crippen LogP contribution in [-0.2, 0) is 6.54 Å². The summed E-state index contributed by atoms with van der Waals surface area (Å²) in [4.78, 5) is 11.1. The lowest BCUT2D eigenvalue weighted by Gasteiger charge is -2.15. The molecule has 4 aromatic rings. The fraction of sp³-hybridized carbons (Fsp3) is 0.150. The van der Waals surface area contributed by atoms with E-state index < -0.39 is 7.12 Å². The lowest BCUT2D eigenvalue weighted by Crippen LogP contribution is -2.30. The molecule has 3 N–H and O–H groups in total. The topological polar surface area (TPSA) is 99.3 Å². The van der Waals surface area contributed by atoms with Gasteiger partial charge in [0.25, 0.3) is 5.95 Å². The lowest BCUT2D eigenvalue weighted by molar-refractivity contribution is 0.426. The van der Waals surface area contributed by atoms with E-state index in [0.717, 1.165) is 11.4 Å². The van der Waals surface area contributed by atoms with Crippen molar-refractivity contribution < 1.29 is 10.0 Å². The van der Waals surface area contributed by atoms with Gasteiger partial charge in [-0.2, -0.15) is 19.7 Å². The molecule has 146 valence electrons. The lowest BCUT2D eigenvalue weighted by atomic mass is 9.78. The Bertz CT molecular complexity index is 1130. The molecule has 4 rings (SSSR count). The molecule has 0 unspecified atom stereocenters. The zero-order chi connectivity index (χ0) is 20.4. The second-order valence-electron chi connectivity index (χ2n) is 6.86. The van der Waals surface area contributed by atoms with Gasteiger partial charge in [-0.3, -0.25) is 0 Å². The molecule has 0 atom stereocenters. The van der Waals surface area contributed by atoms with Crippen molar-refractivity contribution in [1.82, 2.24) is 19.7 Å². The highest BCUT2D eigenvalue weighted by molar-refractivity contribution is 6.61. The molecular weight excluding hydrogens is 367 g/mol. The fourth-order valence-electron chi connectivity index (χ4n) is 3.08. The van der Waals surface area contributed by atoms with Gasteiger partial charge < -0.3 is 20.3 Å². The van der Waals surface area contributed by atoms with Crippen LogP contribution in [0, 0.1) is 0 Å². The van der Waals surface area contributed by atoms with Crippen LogP contribution in [0.2, 0.25) is 0 Å². The van der Waals surface area contributed by atoms with Gasteiger partial charge in [0.1, 0.15) is 11.6 Å². The normalized spacial score (nSPS) is 10.9. The van der Waals surface area contributed by atoms with Crippen molar-refractivity contribution >= 4 is 35.1 Å². The molecule has 8 nitrogen and oxygen atoms in total. The average molecular weight is 388 g/mol. The van der Waals surface area contributed by atoms with E-state index in [1.807, 2.05) is 61.5 Å². The van der Waals surface area contributed by atoms with Crippen molar-refractivity contribution in [2.45, 2.75) is 6.54 Å². The Labute approximate surface area is 168 Å². The molecule has 0 spiro atoms. The first-order valence-corrected chi connectivity index (χ1v) is 9.20. The number of anilines is 2. The fourth-order valence-corrected chi connectivity index (χ4v) is 3.08. The predicted molar refractivity (Wildman–Crippen MR) is 115 cm³/mol. The molecule has 0 saturated heterocycles. The zero-order valence-corrected chi connectivity index (χ0v) is 16.2. The maximum atomic E-state index is 9.61. The highest BCUT2D eigenvalue weighted by Crippen LogP contribution is 2.20. The zero-order valence-electron chi connectivity index (χ0n) is 16.2. The molecule has 0 aliphatic heterocycles. The third kappa shape index (κ3) is 3.91. The molecule has 2 heterocycles. The number of nitrogens with zero attached hydrogens (tertiary/aromatic N) is 5. The summed E-state index contributed by atoms with van der Waals surface area (Å²) in [6, 6.07) is 17.2. The van der Waals surface area contributed by atoms with Gasteiger partial charge in [0.15, 0.2) is 0 Å². The van der Waals surface area contributed by atoms with Crippen LogP contribution in [0.4, 0.5) is 11.6 Å². The summed E-state index contributed by atoms with van der Waals surface area (Å²) in [5.74, 6) is 1.79. The summed E-state index contributed by atoms with van der Waals surface area (Å²) in [6.07, 6.45) is 1.59. The Morgan fingerprint density at radius 3 is 2.55 bits per heavy atom. The molecule has 0 fully saturated rings. The number of benzene rings is 2. The summed E-state index contributed by atoms with van der Waals surface area (Å²) in [5, 5.41) is 27.6. The summed E-state index contributed by atoms with van der Waals surface area (Å²) < 4.78 is 1.60. The van der Waals surface area contributed by atoms with Crippen molar-refractivity contribution in [3.8, 4) is 5.95 Å². The maximum absolute atomic E-state index is 9.61. The Morgan fingerprint density at radius 1 is 1.03 bits per heavy atom. The van der Waals surface area contributed by atoms with Crippen LogP contribution in [-0.4, -0.2) is 51.0 Å². The summed E-state index contributed by atoms with van der Waals surface area (Å²) >= 11 is 0. The van der Waals surface area contributed by atoms with Crippen molar-refractivity contribution in [2.24, 2.45) is 0 Å². The number of aromatic nitrogens is 4. The van der Waals surface area contributed by atoms with Crippen LogP contribution in [0.1, 0.15) is 5.56 Å². The largest absolute Gasteiger partial charge is 0.489 e. The molecule has 2 aromatic heterocycles. The second-order valence-corrected chi connectivity index (χ2v) is 6.86. The summed E-state index contributed by atoms with van der Waals surface area (Å²) in [7, 11) is 2.25. The molecule has 0 radical (unpaired) electrons. The molecular formula is C20H21BN6O2. The standard InChI is InChI=1S/C20H21BN6O2/c1-26(2)19-11-18(22-12-14-7-4-3-5-8-14)24-20(25-19)27-17-10-6-9-16(21(28)29)15(17)13-23-27/h3-11,13,28-29H,12H2,1-2H3,(H,22,24,25). The van der Waals surface area contributed by atoms with Crippen LogP contribution in [0.3, 0.4) is 0 Å². The highest BCUT2D eigenvalue weighted by atomic mass is 16.4. The van der Waals surface area contributed by atoms with Crippen molar-refractivity contribution in [2.75, 3.05) is 24.3 Å². The Hall–Kier alpha value is -3.43. The number of fused-ring (bicyclic) bond motifs is 1. The number of hydrogen-bond donors (Lipinski definition) is 3. The Kier molecular flexibility index (Phi) is 5.15. The first-order valence-electron chi connectivity index (χ1n) is 9.20. The molecule has 29 heavy (non-hydrogen) atoms. The third-order valence-corrected chi connectivity index (χ3v) is 4.59. The molecule has 0 aliphatic rings. The van der Waals surface area contributed by atoms with Crippen molar-refractivity contribution in [3.63, 3.8) is 0 Å². The minimum atomic E-state index is -1.58. The molecule has 2 aromatic carbocycles. The van der Waals surface area contributed by atoms with E-state index in [1.165, 1.54) is 0 Å². The molecule has 0 amide bonds. The van der Waals surface area contributed by atoms with Crippen LogP contribution in [0.25, 0.3) is 16.9 Å². The predicted octanol–water partition coefficient (Wildman–Crippen LogP) is 1.17. The molecule has 0 saturated carbocycles. The van der Waals surface area contributed by atoms with Gasteiger partial charge >= 0.3 is 7.12 Å². The summed E-state index contributed by atoms with van der Waals surface area (Å²) in [5.41, 5.74) is 2.23. The molecule has 9 heteroatoms. The molecule has 0 aliphatic carbocycles. The van der Waals surface area contributed by atoms with Crippen molar-refractivity contribution in [1.29, 1.82) is 0 Å². The van der Waals surface area contributed by atoms with Crippen LogP contribution < -0.4 is 15.7 Å². The minimum absolute atomic E-state index is 0.389. The first kappa shape index (κ1) is 18.9. The maximum Gasteiger partial charge on any atom is 0.489 e. The van der Waals surface area contributed by atoms with Crippen LogP contribution in [0.15, 0.2) is 60.8 Å². The average Bonchev–Trinajstić information content (AvgIpc) is 3.17. The first-order chi connectivity index (χ1) is 14.0. The van der Waals surface area contributed by atoms with Gasteiger partial charge in [0, 0.05) is 32.1 Å². The molecule has 0 bridgehead atoms. The monoisotopic (exact) mass is 388 g/mol. The highest BCUT2D eigenvalue weighted by Gasteiger charge is 2.18. The van der Waals surface area contributed by atoms with Gasteiger partial charge in [-0.05, 0) is 17.1 Å². The number of nitrogens with one attached hydrogen (secondary N) is 1. The van der Waals surface area contributed by atoms with E-state index in [4.69, 9.17) is 0 Å². The van der Waals surface area contributed by atoms with Gasteiger partial charge in [-0.15, -0.1) is 0 Å². The van der Waals surface area contributed by atoms with E-state index in [2.05, 4.69) is 20.4 Å².